The lowest BCUT2D eigenvalue weighted by Crippen LogP contribution is -1.90. The highest BCUT2D eigenvalue weighted by Crippen LogP contribution is 2.33. The van der Waals surface area contributed by atoms with E-state index < -0.39 is 0 Å². The van der Waals surface area contributed by atoms with E-state index in [4.69, 9.17) is 0 Å². The molecular formula is C12H7FN2OS. The summed E-state index contributed by atoms with van der Waals surface area (Å²) in [6.07, 6.45) is 4.04. The first-order valence-corrected chi connectivity index (χ1v) is 5.79. The van der Waals surface area contributed by atoms with Crippen LogP contribution in [0.5, 0.6) is 0 Å². The summed E-state index contributed by atoms with van der Waals surface area (Å²) in [4.78, 5) is 16.5. The fraction of sp³-hybridized carbons (Fsp3) is 0. The maximum atomic E-state index is 13.7. The predicted molar refractivity (Wildman–Crippen MR) is 63.9 cm³/mol. The van der Waals surface area contributed by atoms with Crippen LogP contribution in [0.3, 0.4) is 0 Å². The second-order valence-electron chi connectivity index (χ2n) is 3.49. The Kier molecular flexibility index (Phi) is 2.26. The number of aromatic nitrogens is 2. The van der Waals surface area contributed by atoms with Crippen LogP contribution in [-0.4, -0.2) is 15.7 Å². The van der Waals surface area contributed by atoms with Gasteiger partial charge in [-0.05, 0) is 6.07 Å². The minimum atomic E-state index is -0.333. The summed E-state index contributed by atoms with van der Waals surface area (Å²) in [5.74, 6) is -0.333. The Balaban J connectivity index is 2.34. The topological polar surface area (TPSA) is 34.4 Å². The number of thiazole rings is 1. The fourth-order valence-electron chi connectivity index (χ4n) is 1.75. The molecule has 2 heterocycles. The quantitative estimate of drug-likeness (QED) is 0.651. The summed E-state index contributed by atoms with van der Waals surface area (Å²) in [5, 5.41) is 0. The SMILES string of the molecule is O=Cc1c(-c2ccccc2F)sc2nccn12. The molecule has 0 aliphatic heterocycles. The van der Waals surface area contributed by atoms with E-state index in [1.165, 1.54) is 17.4 Å². The van der Waals surface area contributed by atoms with E-state index in [-0.39, 0.29) is 5.82 Å². The van der Waals surface area contributed by atoms with Crippen molar-refractivity contribution in [1.82, 2.24) is 9.38 Å². The number of carbonyl (C=O) groups is 1. The molecule has 0 aliphatic rings. The van der Waals surface area contributed by atoms with Crippen molar-refractivity contribution in [3.05, 3.63) is 48.2 Å². The summed E-state index contributed by atoms with van der Waals surface area (Å²) in [6, 6.07) is 6.41. The Bertz CT molecular complexity index is 701. The van der Waals surface area contributed by atoms with Gasteiger partial charge in [0, 0.05) is 18.0 Å². The van der Waals surface area contributed by atoms with Crippen LogP contribution in [0.4, 0.5) is 4.39 Å². The average molecular weight is 246 g/mol. The average Bonchev–Trinajstić information content (AvgIpc) is 2.89. The summed E-state index contributed by atoms with van der Waals surface area (Å²) in [7, 11) is 0. The van der Waals surface area contributed by atoms with Crippen molar-refractivity contribution in [2.75, 3.05) is 0 Å². The van der Waals surface area contributed by atoms with E-state index in [1.54, 1.807) is 35.0 Å². The van der Waals surface area contributed by atoms with Crippen LogP contribution < -0.4 is 0 Å². The Labute approximate surface area is 100 Å². The van der Waals surface area contributed by atoms with Crippen LogP contribution >= 0.6 is 11.3 Å². The zero-order valence-corrected chi connectivity index (χ0v) is 9.45. The van der Waals surface area contributed by atoms with Crippen LogP contribution in [0, 0.1) is 5.82 Å². The van der Waals surface area contributed by atoms with Crippen LogP contribution in [0.2, 0.25) is 0 Å². The third-order valence-electron chi connectivity index (χ3n) is 2.52. The molecule has 0 radical (unpaired) electrons. The molecule has 0 amide bonds. The molecule has 0 fully saturated rings. The van der Waals surface area contributed by atoms with Gasteiger partial charge >= 0.3 is 0 Å². The number of carbonyl (C=O) groups excluding carboxylic acids is 1. The molecule has 1 aromatic carbocycles. The molecule has 17 heavy (non-hydrogen) atoms. The van der Waals surface area contributed by atoms with Gasteiger partial charge in [0.1, 0.15) is 11.5 Å². The Morgan fingerprint density at radius 3 is 2.94 bits per heavy atom. The zero-order chi connectivity index (χ0) is 11.8. The van der Waals surface area contributed by atoms with Gasteiger partial charge in [-0.15, -0.1) is 0 Å². The molecule has 0 bridgehead atoms. The van der Waals surface area contributed by atoms with Crippen LogP contribution in [0.25, 0.3) is 15.4 Å². The normalized spacial score (nSPS) is 10.9. The summed E-state index contributed by atoms with van der Waals surface area (Å²) < 4.78 is 15.4. The molecule has 0 saturated carbocycles. The van der Waals surface area contributed by atoms with Crippen LogP contribution in [-0.2, 0) is 0 Å². The van der Waals surface area contributed by atoms with E-state index in [9.17, 15) is 9.18 Å². The maximum Gasteiger partial charge on any atom is 0.194 e. The molecule has 5 heteroatoms. The zero-order valence-electron chi connectivity index (χ0n) is 8.63. The molecule has 3 nitrogen and oxygen atoms in total. The first-order valence-electron chi connectivity index (χ1n) is 4.97. The number of rotatable bonds is 2. The summed E-state index contributed by atoms with van der Waals surface area (Å²) >= 11 is 1.30. The van der Waals surface area contributed by atoms with Crippen molar-refractivity contribution in [2.24, 2.45) is 0 Å². The number of benzene rings is 1. The highest BCUT2D eigenvalue weighted by Gasteiger charge is 2.16. The molecule has 0 unspecified atom stereocenters. The monoisotopic (exact) mass is 246 g/mol. The summed E-state index contributed by atoms with van der Waals surface area (Å²) in [6.45, 7) is 0. The fourth-order valence-corrected chi connectivity index (χ4v) is 2.83. The van der Waals surface area contributed by atoms with Crippen molar-refractivity contribution in [3.63, 3.8) is 0 Å². The molecule has 3 aromatic rings. The van der Waals surface area contributed by atoms with Crippen molar-refractivity contribution >= 4 is 22.6 Å². The Morgan fingerprint density at radius 1 is 1.35 bits per heavy atom. The van der Waals surface area contributed by atoms with Crippen LogP contribution in [0.1, 0.15) is 10.5 Å². The van der Waals surface area contributed by atoms with Crippen molar-refractivity contribution in [3.8, 4) is 10.4 Å². The minimum Gasteiger partial charge on any atom is -0.296 e. The molecule has 2 aromatic heterocycles. The van der Waals surface area contributed by atoms with Gasteiger partial charge in [0.05, 0.1) is 4.88 Å². The van der Waals surface area contributed by atoms with Gasteiger partial charge in [0.25, 0.3) is 0 Å². The maximum absolute atomic E-state index is 13.7. The van der Waals surface area contributed by atoms with E-state index in [0.717, 1.165) is 6.29 Å². The first kappa shape index (κ1) is 10.2. The van der Waals surface area contributed by atoms with Crippen molar-refractivity contribution in [2.45, 2.75) is 0 Å². The number of aldehydes is 1. The standard InChI is InChI=1S/C12H7FN2OS/c13-9-4-2-1-3-8(9)11-10(7-16)15-6-5-14-12(15)17-11/h1-7H. The molecule has 0 aliphatic carbocycles. The van der Waals surface area contributed by atoms with Gasteiger partial charge in [-0.25, -0.2) is 9.37 Å². The second kappa shape index (κ2) is 3.78. The number of hydrogen-bond acceptors (Lipinski definition) is 3. The van der Waals surface area contributed by atoms with E-state index in [1.807, 2.05) is 0 Å². The van der Waals surface area contributed by atoms with Gasteiger partial charge in [-0.2, -0.15) is 0 Å². The molecule has 0 spiro atoms. The second-order valence-corrected chi connectivity index (χ2v) is 4.47. The third kappa shape index (κ3) is 1.47. The molecule has 84 valence electrons. The van der Waals surface area contributed by atoms with Crippen LogP contribution in [0.15, 0.2) is 36.7 Å². The van der Waals surface area contributed by atoms with Gasteiger partial charge in [-0.1, -0.05) is 29.5 Å². The number of imidazole rings is 1. The predicted octanol–water partition coefficient (Wildman–Crippen LogP) is 3.01. The smallest absolute Gasteiger partial charge is 0.194 e. The Hall–Kier alpha value is -2.01. The van der Waals surface area contributed by atoms with Gasteiger partial charge < -0.3 is 0 Å². The van der Waals surface area contributed by atoms with Gasteiger partial charge in [0.2, 0.25) is 0 Å². The summed E-state index contributed by atoms with van der Waals surface area (Å²) in [5.41, 5.74) is 0.873. The first-order chi connectivity index (χ1) is 8.31. The molecule has 3 rings (SSSR count). The molecule has 0 atom stereocenters. The van der Waals surface area contributed by atoms with E-state index >= 15 is 0 Å². The highest BCUT2D eigenvalue weighted by atomic mass is 32.1. The van der Waals surface area contributed by atoms with Crippen molar-refractivity contribution in [1.29, 1.82) is 0 Å². The number of hydrogen-bond donors (Lipinski definition) is 0. The third-order valence-corrected chi connectivity index (χ3v) is 3.64. The molecule has 0 saturated heterocycles. The van der Waals surface area contributed by atoms with Gasteiger partial charge in [0.15, 0.2) is 11.2 Å². The van der Waals surface area contributed by atoms with Gasteiger partial charge in [-0.3, -0.25) is 9.20 Å². The largest absolute Gasteiger partial charge is 0.296 e. The minimum absolute atomic E-state index is 0.333. The number of halogens is 1. The lowest BCUT2D eigenvalue weighted by atomic mass is 10.1. The number of nitrogens with zero attached hydrogens (tertiary/aromatic N) is 2. The number of fused-ring (bicyclic) bond motifs is 1. The molecular weight excluding hydrogens is 239 g/mol. The lowest BCUT2D eigenvalue weighted by molar-refractivity contribution is 0.111. The van der Waals surface area contributed by atoms with Crippen molar-refractivity contribution < 1.29 is 9.18 Å². The van der Waals surface area contributed by atoms with E-state index in [0.29, 0.717) is 21.1 Å². The Morgan fingerprint density at radius 2 is 2.18 bits per heavy atom. The lowest BCUT2D eigenvalue weighted by Gasteiger charge is -2.00. The molecule has 0 N–H and O–H groups in total. The highest BCUT2D eigenvalue weighted by molar-refractivity contribution is 7.20. The van der Waals surface area contributed by atoms with E-state index in [2.05, 4.69) is 4.98 Å².